The quantitative estimate of drug-likeness (QED) is 0.515. The van der Waals surface area contributed by atoms with Gasteiger partial charge in [0.2, 0.25) is 0 Å². The molecular formula is C16H20N6O. The first-order chi connectivity index (χ1) is 10.7. The Bertz CT molecular complexity index is 793. The number of aromatic nitrogens is 2. The second kappa shape index (κ2) is 6.14. The van der Waals surface area contributed by atoms with E-state index in [1.165, 1.54) is 0 Å². The SMILES string of the molecule is Cc1ccc(NC(=O)c2cc(C)n(C(C)(C)C)n2)cc1N=[N+]=[N-]. The standard InChI is InChI=1S/C16H20N6O/c1-10-6-7-12(9-13(10)19-21-17)18-15(23)14-8-11(2)22(20-14)16(3,4)5/h6-9H,1-5H3,(H,18,23). The van der Waals surface area contributed by atoms with Gasteiger partial charge in [0.05, 0.1) is 5.54 Å². The summed E-state index contributed by atoms with van der Waals surface area (Å²) in [6.07, 6.45) is 0. The molecule has 0 unspecified atom stereocenters. The Morgan fingerprint density at radius 3 is 2.57 bits per heavy atom. The van der Waals surface area contributed by atoms with Crippen LogP contribution in [0.25, 0.3) is 10.4 Å². The second-order valence-electron chi connectivity index (χ2n) is 6.40. The molecular weight excluding hydrogens is 292 g/mol. The zero-order chi connectivity index (χ0) is 17.2. The minimum atomic E-state index is -0.299. The van der Waals surface area contributed by atoms with E-state index in [-0.39, 0.29) is 11.4 Å². The molecule has 0 saturated heterocycles. The fraction of sp³-hybridized carbons (Fsp3) is 0.375. The molecule has 0 aliphatic rings. The van der Waals surface area contributed by atoms with E-state index in [2.05, 4.69) is 20.4 Å². The number of anilines is 1. The Hall–Kier alpha value is -2.79. The number of rotatable bonds is 3. The lowest BCUT2D eigenvalue weighted by Crippen LogP contribution is -2.25. The van der Waals surface area contributed by atoms with Crippen LogP contribution in [0.1, 0.15) is 42.5 Å². The third-order valence-corrected chi connectivity index (χ3v) is 3.37. The molecule has 0 spiro atoms. The molecule has 120 valence electrons. The molecule has 1 heterocycles. The van der Waals surface area contributed by atoms with Gasteiger partial charge < -0.3 is 5.32 Å². The molecule has 0 aliphatic carbocycles. The van der Waals surface area contributed by atoms with Crippen LogP contribution >= 0.6 is 0 Å². The second-order valence-corrected chi connectivity index (χ2v) is 6.40. The molecule has 0 aliphatic heterocycles. The number of hydrogen-bond donors (Lipinski definition) is 1. The number of hydrogen-bond acceptors (Lipinski definition) is 3. The lowest BCUT2D eigenvalue weighted by molar-refractivity contribution is 0.102. The Balaban J connectivity index is 2.26. The van der Waals surface area contributed by atoms with Crippen LogP contribution in [0.15, 0.2) is 29.4 Å². The topological polar surface area (TPSA) is 95.7 Å². The summed E-state index contributed by atoms with van der Waals surface area (Å²) in [5.74, 6) is -0.299. The van der Waals surface area contributed by atoms with Crippen molar-refractivity contribution in [2.75, 3.05) is 5.32 Å². The average Bonchev–Trinajstić information content (AvgIpc) is 2.85. The highest BCUT2D eigenvalue weighted by molar-refractivity contribution is 6.03. The summed E-state index contributed by atoms with van der Waals surface area (Å²) in [5, 5.41) is 10.8. The van der Waals surface area contributed by atoms with Gasteiger partial charge in [-0.1, -0.05) is 11.2 Å². The molecule has 2 aromatic rings. The van der Waals surface area contributed by atoms with Crippen molar-refractivity contribution in [3.63, 3.8) is 0 Å². The van der Waals surface area contributed by atoms with Crippen LogP contribution in [0.3, 0.4) is 0 Å². The van der Waals surface area contributed by atoms with Crippen molar-refractivity contribution in [2.45, 2.75) is 40.2 Å². The van der Waals surface area contributed by atoms with Gasteiger partial charge in [-0.05, 0) is 63.9 Å². The van der Waals surface area contributed by atoms with Crippen molar-refractivity contribution in [3.05, 3.63) is 51.7 Å². The van der Waals surface area contributed by atoms with Crippen LogP contribution < -0.4 is 5.32 Å². The molecule has 1 N–H and O–H groups in total. The van der Waals surface area contributed by atoms with E-state index in [1.807, 2.05) is 39.3 Å². The largest absolute Gasteiger partial charge is 0.321 e. The summed E-state index contributed by atoms with van der Waals surface area (Å²) >= 11 is 0. The van der Waals surface area contributed by atoms with Crippen LogP contribution in [0.2, 0.25) is 0 Å². The van der Waals surface area contributed by atoms with Crippen molar-refractivity contribution >= 4 is 17.3 Å². The van der Waals surface area contributed by atoms with Gasteiger partial charge in [0.1, 0.15) is 0 Å². The molecule has 1 aromatic carbocycles. The first-order valence-corrected chi connectivity index (χ1v) is 7.26. The molecule has 23 heavy (non-hydrogen) atoms. The van der Waals surface area contributed by atoms with Crippen molar-refractivity contribution < 1.29 is 4.79 Å². The van der Waals surface area contributed by atoms with Crippen LogP contribution in [-0.4, -0.2) is 15.7 Å². The number of carbonyl (C=O) groups is 1. The van der Waals surface area contributed by atoms with E-state index < -0.39 is 0 Å². The number of benzene rings is 1. The highest BCUT2D eigenvalue weighted by Gasteiger charge is 2.20. The number of amides is 1. The third-order valence-electron chi connectivity index (χ3n) is 3.37. The van der Waals surface area contributed by atoms with Crippen LogP contribution in [0, 0.1) is 13.8 Å². The van der Waals surface area contributed by atoms with Crippen molar-refractivity contribution in [2.24, 2.45) is 5.11 Å². The maximum absolute atomic E-state index is 12.4. The van der Waals surface area contributed by atoms with Crippen LogP contribution in [0.5, 0.6) is 0 Å². The van der Waals surface area contributed by atoms with Gasteiger partial charge in [-0.15, -0.1) is 0 Å². The lowest BCUT2D eigenvalue weighted by atomic mass is 10.1. The van der Waals surface area contributed by atoms with Gasteiger partial charge in [0.25, 0.3) is 5.91 Å². The van der Waals surface area contributed by atoms with E-state index in [9.17, 15) is 4.79 Å². The molecule has 0 saturated carbocycles. The summed E-state index contributed by atoms with van der Waals surface area (Å²) in [5.41, 5.74) is 11.5. The molecule has 7 heteroatoms. The Morgan fingerprint density at radius 1 is 1.30 bits per heavy atom. The molecule has 2 rings (SSSR count). The predicted molar refractivity (Wildman–Crippen MR) is 89.9 cm³/mol. The van der Waals surface area contributed by atoms with Crippen LogP contribution in [-0.2, 0) is 5.54 Å². The number of nitrogens with zero attached hydrogens (tertiary/aromatic N) is 5. The average molecular weight is 312 g/mol. The normalized spacial score (nSPS) is 11.0. The molecule has 1 aromatic heterocycles. The van der Waals surface area contributed by atoms with Gasteiger partial charge in [0, 0.05) is 22.0 Å². The van der Waals surface area contributed by atoms with E-state index in [0.29, 0.717) is 17.1 Å². The summed E-state index contributed by atoms with van der Waals surface area (Å²) in [4.78, 5) is 15.2. The Morgan fingerprint density at radius 2 is 2.00 bits per heavy atom. The number of azide groups is 1. The highest BCUT2D eigenvalue weighted by Crippen LogP contribution is 2.24. The predicted octanol–water partition coefficient (Wildman–Crippen LogP) is 4.45. The minimum absolute atomic E-state index is 0.193. The number of nitrogens with one attached hydrogen (secondary N) is 1. The lowest BCUT2D eigenvalue weighted by Gasteiger charge is -2.21. The number of carbonyl (C=O) groups excluding carboxylic acids is 1. The maximum Gasteiger partial charge on any atom is 0.276 e. The van der Waals surface area contributed by atoms with Crippen LogP contribution in [0.4, 0.5) is 11.4 Å². The monoisotopic (exact) mass is 312 g/mol. The van der Waals surface area contributed by atoms with Crippen molar-refractivity contribution in [3.8, 4) is 0 Å². The van der Waals surface area contributed by atoms with Gasteiger partial charge in [-0.3, -0.25) is 9.48 Å². The Labute approximate surface area is 134 Å². The molecule has 0 radical (unpaired) electrons. The van der Waals surface area contributed by atoms with Gasteiger partial charge in [-0.25, -0.2) is 0 Å². The molecule has 7 nitrogen and oxygen atoms in total. The maximum atomic E-state index is 12.4. The fourth-order valence-corrected chi connectivity index (χ4v) is 2.30. The third kappa shape index (κ3) is 3.70. The van der Waals surface area contributed by atoms with Gasteiger partial charge >= 0.3 is 0 Å². The van der Waals surface area contributed by atoms with Crippen molar-refractivity contribution in [1.82, 2.24) is 9.78 Å². The first kappa shape index (κ1) is 16.6. The molecule has 0 atom stereocenters. The van der Waals surface area contributed by atoms with Gasteiger partial charge in [0.15, 0.2) is 5.69 Å². The minimum Gasteiger partial charge on any atom is -0.321 e. The summed E-state index contributed by atoms with van der Waals surface area (Å²) in [6.45, 7) is 9.84. The first-order valence-electron chi connectivity index (χ1n) is 7.26. The number of aryl methyl sites for hydroxylation is 2. The van der Waals surface area contributed by atoms with Gasteiger partial charge in [-0.2, -0.15) is 5.10 Å². The highest BCUT2D eigenvalue weighted by atomic mass is 16.1. The smallest absolute Gasteiger partial charge is 0.276 e. The molecule has 0 bridgehead atoms. The van der Waals surface area contributed by atoms with E-state index in [1.54, 1.807) is 24.3 Å². The van der Waals surface area contributed by atoms with E-state index in [0.717, 1.165) is 11.3 Å². The summed E-state index contributed by atoms with van der Waals surface area (Å²) < 4.78 is 1.82. The zero-order valence-electron chi connectivity index (χ0n) is 14.0. The Kier molecular flexibility index (Phi) is 4.43. The molecule has 1 amide bonds. The molecule has 0 fully saturated rings. The summed E-state index contributed by atoms with van der Waals surface area (Å²) in [6, 6.07) is 6.94. The summed E-state index contributed by atoms with van der Waals surface area (Å²) in [7, 11) is 0. The van der Waals surface area contributed by atoms with Crippen molar-refractivity contribution in [1.29, 1.82) is 0 Å². The fourth-order valence-electron chi connectivity index (χ4n) is 2.30. The zero-order valence-corrected chi connectivity index (χ0v) is 14.0. The van der Waals surface area contributed by atoms with E-state index in [4.69, 9.17) is 5.53 Å². The van der Waals surface area contributed by atoms with E-state index >= 15 is 0 Å².